The van der Waals surface area contributed by atoms with E-state index in [0.29, 0.717) is 30.4 Å². The highest BCUT2D eigenvalue weighted by Crippen LogP contribution is 2.29. The molecular weight excluding hydrogens is 450 g/mol. The molecule has 0 saturated carbocycles. The molecule has 1 aliphatic rings. The molecule has 4 rings (SSSR count). The van der Waals surface area contributed by atoms with E-state index < -0.39 is 15.9 Å². The summed E-state index contributed by atoms with van der Waals surface area (Å²) in [6.07, 6.45) is 3.44. The van der Waals surface area contributed by atoms with Gasteiger partial charge in [0.15, 0.2) is 11.7 Å². The smallest absolute Gasteiger partial charge is 0.255 e. The zero-order valence-electron chi connectivity index (χ0n) is 17.8. The Morgan fingerprint density at radius 1 is 1.22 bits per heavy atom. The number of carbonyl (C=O) groups is 1. The molecule has 0 radical (unpaired) electrons. The molecule has 2 aromatic carbocycles. The average Bonchev–Trinajstić information content (AvgIpc) is 3.20. The van der Waals surface area contributed by atoms with Gasteiger partial charge in [0.05, 0.1) is 11.2 Å². The number of oxazole rings is 1. The molecule has 7 nitrogen and oxygen atoms in total. The number of amides is 1. The Bertz CT molecular complexity index is 1240. The maximum atomic E-state index is 13.2. The fourth-order valence-electron chi connectivity index (χ4n) is 3.76. The molecular formula is C23H24ClN3O4S. The van der Waals surface area contributed by atoms with Gasteiger partial charge in [0.2, 0.25) is 10.0 Å². The molecule has 0 spiro atoms. The highest BCUT2D eigenvalue weighted by Gasteiger charge is 2.31. The van der Waals surface area contributed by atoms with E-state index in [4.69, 9.17) is 16.0 Å². The summed E-state index contributed by atoms with van der Waals surface area (Å²) in [5.74, 6) is 1.07. The van der Waals surface area contributed by atoms with Crippen LogP contribution in [0.4, 0.5) is 5.69 Å². The van der Waals surface area contributed by atoms with Crippen LogP contribution in [0.25, 0.3) is 11.3 Å². The molecule has 1 fully saturated rings. The topological polar surface area (TPSA) is 92.5 Å². The lowest BCUT2D eigenvalue weighted by molar-refractivity contribution is 0.102. The maximum Gasteiger partial charge on any atom is 0.255 e. The van der Waals surface area contributed by atoms with Crippen LogP contribution in [-0.4, -0.2) is 36.7 Å². The Morgan fingerprint density at radius 2 is 1.97 bits per heavy atom. The summed E-state index contributed by atoms with van der Waals surface area (Å²) < 4.78 is 33.3. The lowest BCUT2D eigenvalue weighted by Gasteiger charge is -2.30. The van der Waals surface area contributed by atoms with Crippen molar-refractivity contribution < 1.29 is 17.6 Å². The Balaban J connectivity index is 1.53. The molecule has 1 N–H and O–H groups in total. The third-order valence-corrected chi connectivity index (χ3v) is 7.83. The zero-order valence-corrected chi connectivity index (χ0v) is 19.4. The molecule has 168 valence electrons. The molecule has 1 aromatic heterocycles. The van der Waals surface area contributed by atoms with E-state index in [0.717, 1.165) is 18.4 Å². The first-order valence-electron chi connectivity index (χ1n) is 10.4. The molecule has 1 atom stereocenters. The molecule has 3 aromatic rings. The quantitative estimate of drug-likeness (QED) is 0.564. The molecule has 1 unspecified atom stereocenters. The van der Waals surface area contributed by atoms with E-state index in [1.54, 1.807) is 25.3 Å². The fourth-order valence-corrected chi connectivity index (χ4v) is 5.86. The van der Waals surface area contributed by atoms with E-state index >= 15 is 0 Å². The summed E-state index contributed by atoms with van der Waals surface area (Å²) in [7, 11) is -3.78. The maximum absolute atomic E-state index is 13.2. The predicted octanol–water partition coefficient (Wildman–Crippen LogP) is 4.98. The largest absolute Gasteiger partial charge is 0.441 e. The van der Waals surface area contributed by atoms with Gasteiger partial charge in [-0.05, 0) is 61.2 Å². The molecule has 32 heavy (non-hydrogen) atoms. The number of nitrogens with one attached hydrogen (secondary N) is 1. The van der Waals surface area contributed by atoms with Gasteiger partial charge in [-0.15, -0.1) is 0 Å². The first-order valence-corrected chi connectivity index (χ1v) is 12.2. The van der Waals surface area contributed by atoms with Crippen LogP contribution in [0, 0.1) is 12.8 Å². The van der Waals surface area contributed by atoms with Gasteiger partial charge in [0, 0.05) is 36.8 Å². The highest BCUT2D eigenvalue weighted by atomic mass is 35.5. The van der Waals surface area contributed by atoms with Gasteiger partial charge in [-0.25, -0.2) is 13.4 Å². The van der Waals surface area contributed by atoms with Gasteiger partial charge in [-0.1, -0.05) is 18.5 Å². The first-order chi connectivity index (χ1) is 15.2. The Morgan fingerprint density at radius 3 is 2.62 bits per heavy atom. The van der Waals surface area contributed by atoms with E-state index in [-0.39, 0.29) is 21.4 Å². The first kappa shape index (κ1) is 22.5. The zero-order chi connectivity index (χ0) is 22.9. The summed E-state index contributed by atoms with van der Waals surface area (Å²) >= 11 is 6.23. The second-order valence-corrected chi connectivity index (χ2v) is 10.3. The van der Waals surface area contributed by atoms with Gasteiger partial charge in [-0.3, -0.25) is 4.79 Å². The fraction of sp³-hybridized carbons (Fsp3) is 0.304. The monoisotopic (exact) mass is 473 g/mol. The van der Waals surface area contributed by atoms with E-state index in [9.17, 15) is 13.2 Å². The van der Waals surface area contributed by atoms with Crippen LogP contribution < -0.4 is 5.32 Å². The number of aryl methyl sites for hydroxylation is 1. The molecule has 1 amide bonds. The van der Waals surface area contributed by atoms with Crippen molar-refractivity contribution in [1.29, 1.82) is 0 Å². The summed E-state index contributed by atoms with van der Waals surface area (Å²) in [5.41, 5.74) is 1.62. The number of halogens is 1. The van der Waals surface area contributed by atoms with Crippen LogP contribution in [0.3, 0.4) is 0 Å². The minimum absolute atomic E-state index is 0.0445. The van der Waals surface area contributed by atoms with Gasteiger partial charge in [0.25, 0.3) is 5.91 Å². The summed E-state index contributed by atoms with van der Waals surface area (Å²) in [6.45, 7) is 4.70. The molecule has 9 heteroatoms. The second-order valence-electron chi connectivity index (χ2n) is 8.03. The van der Waals surface area contributed by atoms with Gasteiger partial charge >= 0.3 is 0 Å². The number of aromatic nitrogens is 1. The summed E-state index contributed by atoms with van der Waals surface area (Å²) in [6, 6.07) is 11.4. The van der Waals surface area contributed by atoms with E-state index in [2.05, 4.69) is 10.3 Å². The molecule has 0 aliphatic carbocycles. The lowest BCUT2D eigenvalue weighted by Crippen LogP contribution is -2.39. The van der Waals surface area contributed by atoms with Crippen molar-refractivity contribution in [3.8, 4) is 11.3 Å². The van der Waals surface area contributed by atoms with Crippen molar-refractivity contribution in [3.05, 3.63) is 65.1 Å². The number of nitrogens with zero attached hydrogens (tertiary/aromatic N) is 2. The Hall–Kier alpha value is -2.68. The minimum atomic E-state index is -3.78. The van der Waals surface area contributed by atoms with E-state index in [1.807, 2.05) is 19.1 Å². The third kappa shape index (κ3) is 4.72. The SMILES string of the molecule is Cc1ncc(-c2ccc(NC(=O)c3ccc(Cl)c(S(=O)(=O)N4CCCC(C)C4)c3)cc2)o1. The van der Waals surface area contributed by atoms with Crippen molar-refractivity contribution in [3.63, 3.8) is 0 Å². The standard InChI is InChI=1S/C23H24ClN3O4S/c1-15-4-3-11-27(14-15)32(29,30)22-12-18(7-10-20(22)24)23(28)26-19-8-5-17(6-9-19)21-13-25-16(2)31-21/h5-10,12-13,15H,3-4,11,14H2,1-2H3,(H,26,28). The number of piperidine rings is 1. The lowest BCUT2D eigenvalue weighted by atomic mass is 10.0. The van der Waals surface area contributed by atoms with Crippen LogP contribution in [0.1, 0.15) is 36.0 Å². The molecule has 0 bridgehead atoms. The van der Waals surface area contributed by atoms with Crippen LogP contribution in [0.15, 0.2) is 58.0 Å². The molecule has 1 aliphatic heterocycles. The van der Waals surface area contributed by atoms with Crippen LogP contribution in [-0.2, 0) is 10.0 Å². The number of sulfonamides is 1. The second kappa shape index (κ2) is 9.05. The Labute approximate surface area is 192 Å². The van der Waals surface area contributed by atoms with Gasteiger partial charge in [0.1, 0.15) is 4.90 Å². The number of hydrogen-bond acceptors (Lipinski definition) is 5. The normalized spacial score (nSPS) is 17.3. The van der Waals surface area contributed by atoms with Gasteiger partial charge in [-0.2, -0.15) is 4.31 Å². The van der Waals surface area contributed by atoms with Crippen molar-refractivity contribution in [2.45, 2.75) is 31.6 Å². The van der Waals surface area contributed by atoms with Crippen LogP contribution in [0.5, 0.6) is 0 Å². The molecule has 1 saturated heterocycles. The summed E-state index contributed by atoms with van der Waals surface area (Å²) in [4.78, 5) is 16.8. The van der Waals surface area contributed by atoms with Crippen LogP contribution in [0.2, 0.25) is 5.02 Å². The van der Waals surface area contributed by atoms with Crippen LogP contribution >= 0.6 is 11.6 Å². The van der Waals surface area contributed by atoms with Crippen molar-refractivity contribution in [2.75, 3.05) is 18.4 Å². The number of benzene rings is 2. The third-order valence-electron chi connectivity index (χ3n) is 5.48. The number of anilines is 1. The minimum Gasteiger partial charge on any atom is -0.441 e. The van der Waals surface area contributed by atoms with Crippen molar-refractivity contribution >= 4 is 33.2 Å². The number of hydrogen-bond donors (Lipinski definition) is 1. The average molecular weight is 474 g/mol. The van der Waals surface area contributed by atoms with E-state index in [1.165, 1.54) is 22.5 Å². The summed E-state index contributed by atoms with van der Waals surface area (Å²) in [5, 5.41) is 2.89. The molecule has 2 heterocycles. The number of carbonyl (C=O) groups excluding carboxylic acids is 1. The highest BCUT2D eigenvalue weighted by molar-refractivity contribution is 7.89. The predicted molar refractivity (Wildman–Crippen MR) is 123 cm³/mol. The van der Waals surface area contributed by atoms with Gasteiger partial charge < -0.3 is 9.73 Å². The Kier molecular flexibility index (Phi) is 6.37. The van der Waals surface area contributed by atoms with Crippen molar-refractivity contribution in [2.24, 2.45) is 5.92 Å². The number of rotatable bonds is 5. The van der Waals surface area contributed by atoms with Crippen molar-refractivity contribution in [1.82, 2.24) is 9.29 Å².